The minimum Gasteiger partial charge on any atom is -0.361 e. The molecule has 0 aromatic carbocycles. The Labute approximate surface area is 81.4 Å². The maximum Gasteiger partial charge on any atom is 0.109 e. The maximum absolute atomic E-state index is 8.83. The van der Waals surface area contributed by atoms with Crippen LogP contribution >= 0.6 is 11.3 Å². The van der Waals surface area contributed by atoms with Crippen molar-refractivity contribution in [3.05, 3.63) is 17.0 Å². The van der Waals surface area contributed by atoms with E-state index in [0.717, 1.165) is 30.1 Å². The van der Waals surface area contributed by atoms with Crippen molar-refractivity contribution in [2.45, 2.75) is 12.5 Å². The molecule has 2 rings (SSSR count). The van der Waals surface area contributed by atoms with E-state index in [-0.39, 0.29) is 6.04 Å². The predicted octanol–water partition coefficient (Wildman–Crippen LogP) is 1.16. The molecule has 0 spiro atoms. The molecule has 2 heterocycles. The summed E-state index contributed by atoms with van der Waals surface area (Å²) in [5.41, 5.74) is 6.58. The molecule has 13 heavy (non-hydrogen) atoms. The fraction of sp³-hybridized carbons (Fsp3) is 0.444. The zero-order valence-electron chi connectivity index (χ0n) is 7.23. The van der Waals surface area contributed by atoms with Crippen LogP contribution in [-0.2, 0) is 0 Å². The molecule has 1 aliphatic heterocycles. The molecule has 1 unspecified atom stereocenters. The SMILES string of the molecule is N#Cc1ccsc1N1CCC(N)C1. The molecular weight excluding hydrogens is 182 g/mol. The van der Waals surface area contributed by atoms with Crippen LogP contribution in [0.5, 0.6) is 0 Å². The van der Waals surface area contributed by atoms with E-state index in [1.165, 1.54) is 0 Å². The second-order valence-electron chi connectivity index (χ2n) is 3.25. The summed E-state index contributed by atoms with van der Waals surface area (Å²) in [7, 11) is 0. The van der Waals surface area contributed by atoms with Crippen LogP contribution in [0.4, 0.5) is 5.00 Å². The molecule has 1 fully saturated rings. The summed E-state index contributed by atoms with van der Waals surface area (Å²) in [6.07, 6.45) is 1.03. The Bertz CT molecular complexity index is 339. The highest BCUT2D eigenvalue weighted by atomic mass is 32.1. The molecule has 1 atom stereocenters. The van der Waals surface area contributed by atoms with Crippen LogP contribution in [0, 0.1) is 11.3 Å². The summed E-state index contributed by atoms with van der Waals surface area (Å²) in [5, 5.41) is 11.9. The van der Waals surface area contributed by atoms with Crippen molar-refractivity contribution in [3.63, 3.8) is 0 Å². The first-order valence-corrected chi connectivity index (χ1v) is 5.17. The largest absolute Gasteiger partial charge is 0.361 e. The van der Waals surface area contributed by atoms with Gasteiger partial charge in [-0.1, -0.05) is 0 Å². The van der Waals surface area contributed by atoms with Crippen molar-refractivity contribution in [2.24, 2.45) is 5.73 Å². The van der Waals surface area contributed by atoms with Gasteiger partial charge in [-0.25, -0.2) is 0 Å². The van der Waals surface area contributed by atoms with Gasteiger partial charge >= 0.3 is 0 Å². The molecule has 1 aliphatic rings. The standard InChI is InChI=1S/C9H11N3S/c10-5-7-2-4-13-9(7)12-3-1-8(11)6-12/h2,4,8H,1,3,6,11H2. The van der Waals surface area contributed by atoms with Crippen LogP contribution in [0.2, 0.25) is 0 Å². The fourth-order valence-corrected chi connectivity index (χ4v) is 2.49. The van der Waals surface area contributed by atoms with E-state index in [9.17, 15) is 0 Å². The number of rotatable bonds is 1. The zero-order valence-corrected chi connectivity index (χ0v) is 8.05. The molecule has 0 bridgehead atoms. The van der Waals surface area contributed by atoms with Gasteiger partial charge in [0.2, 0.25) is 0 Å². The second kappa shape index (κ2) is 3.36. The number of nitriles is 1. The van der Waals surface area contributed by atoms with Gasteiger partial charge in [0, 0.05) is 19.1 Å². The summed E-state index contributed by atoms with van der Waals surface area (Å²) in [6, 6.07) is 4.33. The van der Waals surface area contributed by atoms with Crippen LogP contribution in [-0.4, -0.2) is 19.1 Å². The van der Waals surface area contributed by atoms with Gasteiger partial charge in [0.25, 0.3) is 0 Å². The lowest BCUT2D eigenvalue weighted by atomic mass is 10.3. The molecular formula is C9H11N3S. The summed E-state index contributed by atoms with van der Waals surface area (Å²) in [5.74, 6) is 0. The average Bonchev–Trinajstić information content (AvgIpc) is 2.71. The number of nitrogens with two attached hydrogens (primary N) is 1. The number of nitrogens with zero attached hydrogens (tertiary/aromatic N) is 2. The summed E-state index contributed by atoms with van der Waals surface area (Å²) in [4.78, 5) is 2.20. The number of hydrogen-bond acceptors (Lipinski definition) is 4. The van der Waals surface area contributed by atoms with Gasteiger partial charge in [0.1, 0.15) is 11.1 Å². The average molecular weight is 193 g/mol. The Morgan fingerprint density at radius 2 is 2.54 bits per heavy atom. The van der Waals surface area contributed by atoms with Gasteiger partial charge in [-0.3, -0.25) is 0 Å². The summed E-state index contributed by atoms with van der Waals surface area (Å²) >= 11 is 1.62. The van der Waals surface area contributed by atoms with Gasteiger partial charge < -0.3 is 10.6 Å². The lowest BCUT2D eigenvalue weighted by Gasteiger charge is -2.15. The number of thiophene rings is 1. The normalized spacial score (nSPS) is 21.8. The third-order valence-electron chi connectivity index (χ3n) is 2.28. The quantitative estimate of drug-likeness (QED) is 0.728. The van der Waals surface area contributed by atoms with E-state index in [0.29, 0.717) is 0 Å². The van der Waals surface area contributed by atoms with Gasteiger partial charge in [-0.05, 0) is 17.9 Å². The third-order valence-corrected chi connectivity index (χ3v) is 3.25. The molecule has 4 heteroatoms. The molecule has 1 saturated heterocycles. The van der Waals surface area contributed by atoms with Gasteiger partial charge in [-0.15, -0.1) is 11.3 Å². The van der Waals surface area contributed by atoms with Gasteiger partial charge in [0.05, 0.1) is 5.56 Å². The highest BCUT2D eigenvalue weighted by Crippen LogP contribution is 2.29. The highest BCUT2D eigenvalue weighted by molar-refractivity contribution is 7.14. The van der Waals surface area contributed by atoms with Crippen LogP contribution < -0.4 is 10.6 Å². The van der Waals surface area contributed by atoms with E-state index >= 15 is 0 Å². The van der Waals surface area contributed by atoms with E-state index in [1.54, 1.807) is 11.3 Å². The van der Waals surface area contributed by atoms with Crippen LogP contribution in [0.3, 0.4) is 0 Å². The van der Waals surface area contributed by atoms with Crippen molar-refractivity contribution in [1.29, 1.82) is 5.26 Å². The van der Waals surface area contributed by atoms with Crippen LogP contribution in [0.15, 0.2) is 11.4 Å². The topological polar surface area (TPSA) is 53.0 Å². The van der Waals surface area contributed by atoms with Crippen molar-refractivity contribution in [2.75, 3.05) is 18.0 Å². The molecule has 0 saturated carbocycles. The molecule has 68 valence electrons. The van der Waals surface area contributed by atoms with E-state index in [2.05, 4.69) is 11.0 Å². The van der Waals surface area contributed by atoms with Crippen LogP contribution in [0.1, 0.15) is 12.0 Å². The van der Waals surface area contributed by atoms with Crippen molar-refractivity contribution in [1.82, 2.24) is 0 Å². The monoisotopic (exact) mass is 193 g/mol. The number of hydrogen-bond donors (Lipinski definition) is 1. The Balaban J connectivity index is 2.22. The highest BCUT2D eigenvalue weighted by Gasteiger charge is 2.21. The van der Waals surface area contributed by atoms with E-state index < -0.39 is 0 Å². The first-order chi connectivity index (χ1) is 6.31. The van der Waals surface area contributed by atoms with E-state index in [1.807, 2.05) is 11.4 Å². The van der Waals surface area contributed by atoms with Crippen molar-refractivity contribution >= 4 is 16.3 Å². The summed E-state index contributed by atoms with van der Waals surface area (Å²) in [6.45, 7) is 1.87. The Morgan fingerprint density at radius 3 is 3.15 bits per heavy atom. The molecule has 3 nitrogen and oxygen atoms in total. The zero-order chi connectivity index (χ0) is 9.26. The van der Waals surface area contributed by atoms with Crippen LogP contribution in [0.25, 0.3) is 0 Å². The van der Waals surface area contributed by atoms with E-state index in [4.69, 9.17) is 11.0 Å². The van der Waals surface area contributed by atoms with Crippen molar-refractivity contribution in [3.8, 4) is 6.07 Å². The first kappa shape index (κ1) is 8.54. The fourth-order valence-electron chi connectivity index (χ4n) is 1.60. The summed E-state index contributed by atoms with van der Waals surface area (Å²) < 4.78 is 0. The van der Waals surface area contributed by atoms with Gasteiger partial charge in [0.15, 0.2) is 0 Å². The number of anilines is 1. The molecule has 0 aliphatic carbocycles. The Morgan fingerprint density at radius 1 is 1.69 bits per heavy atom. The molecule has 1 aromatic heterocycles. The molecule has 0 radical (unpaired) electrons. The maximum atomic E-state index is 8.83. The minimum absolute atomic E-state index is 0.272. The minimum atomic E-state index is 0.272. The first-order valence-electron chi connectivity index (χ1n) is 4.29. The van der Waals surface area contributed by atoms with Gasteiger partial charge in [-0.2, -0.15) is 5.26 Å². The Kier molecular flexibility index (Phi) is 2.21. The Hall–Kier alpha value is -1.05. The molecule has 2 N–H and O–H groups in total. The lowest BCUT2D eigenvalue weighted by Crippen LogP contribution is -2.26. The predicted molar refractivity (Wildman–Crippen MR) is 53.8 cm³/mol. The van der Waals surface area contributed by atoms with Crippen molar-refractivity contribution < 1.29 is 0 Å². The lowest BCUT2D eigenvalue weighted by molar-refractivity contribution is 0.752. The third kappa shape index (κ3) is 1.53. The smallest absolute Gasteiger partial charge is 0.109 e. The second-order valence-corrected chi connectivity index (χ2v) is 4.14. The molecule has 1 aromatic rings. The molecule has 0 amide bonds.